The Bertz CT molecular complexity index is 270. The van der Waals surface area contributed by atoms with Gasteiger partial charge < -0.3 is 0 Å². The van der Waals surface area contributed by atoms with Gasteiger partial charge in [-0.15, -0.1) is 0 Å². The zero-order chi connectivity index (χ0) is 13.3. The molecule has 0 bridgehead atoms. The van der Waals surface area contributed by atoms with Crippen LogP contribution in [0.5, 0.6) is 0 Å². The first-order valence-electron chi connectivity index (χ1n) is 7.69. The molecule has 0 amide bonds. The maximum atomic E-state index is 5.88. The average Bonchev–Trinajstić information content (AvgIpc) is 2.93. The van der Waals surface area contributed by atoms with Crippen LogP contribution in [-0.4, -0.2) is 18.8 Å². The van der Waals surface area contributed by atoms with E-state index >= 15 is 0 Å². The van der Waals surface area contributed by atoms with E-state index in [9.17, 15) is 0 Å². The van der Waals surface area contributed by atoms with Gasteiger partial charge in [0.05, 0.1) is 0 Å². The molecule has 1 nitrogen and oxygen atoms in total. The number of unbranched alkanes of at least 4 members (excludes halogenated alkanes) is 3. The molecule has 0 aliphatic heterocycles. The van der Waals surface area contributed by atoms with Crippen molar-refractivity contribution in [3.05, 3.63) is 18.4 Å². The normalized spacial score (nSPS) is 11.9. The summed E-state index contributed by atoms with van der Waals surface area (Å²) in [5.41, 5.74) is 0. The van der Waals surface area contributed by atoms with Crippen LogP contribution in [0.25, 0.3) is 0 Å². The van der Waals surface area contributed by atoms with Gasteiger partial charge in [0, 0.05) is 0 Å². The van der Waals surface area contributed by atoms with Gasteiger partial charge in [-0.25, -0.2) is 0 Å². The first-order chi connectivity index (χ1) is 8.79. The number of furan rings is 1. The van der Waals surface area contributed by atoms with E-state index in [1.54, 1.807) is 0 Å². The van der Waals surface area contributed by atoms with Gasteiger partial charge in [0.1, 0.15) is 0 Å². The Morgan fingerprint density at radius 3 is 1.72 bits per heavy atom. The molecule has 0 unspecified atom stereocenters. The fourth-order valence-electron chi connectivity index (χ4n) is 2.59. The minimum absolute atomic E-state index is 1.33. The Kier molecular flexibility index (Phi) is 8.14. The van der Waals surface area contributed by atoms with Crippen molar-refractivity contribution in [3.8, 4) is 0 Å². The number of hydrogen-bond acceptors (Lipinski definition) is 1. The summed E-state index contributed by atoms with van der Waals surface area (Å²) in [4.78, 5) is 0. The van der Waals surface area contributed by atoms with E-state index in [-0.39, 0.29) is 0 Å². The predicted octanol–water partition coefficient (Wildman–Crippen LogP) is 5.34. The van der Waals surface area contributed by atoms with Gasteiger partial charge in [-0.05, 0) is 0 Å². The molecule has 1 heterocycles. The van der Waals surface area contributed by atoms with Crippen LogP contribution < -0.4 is 3.71 Å². The summed E-state index contributed by atoms with van der Waals surface area (Å²) in [6.45, 7) is 6.95. The van der Waals surface area contributed by atoms with Crippen molar-refractivity contribution in [2.45, 2.75) is 72.4 Å². The summed E-state index contributed by atoms with van der Waals surface area (Å²) in [6.07, 6.45) is 10.1. The van der Waals surface area contributed by atoms with Crippen molar-refractivity contribution in [2.24, 2.45) is 0 Å². The topological polar surface area (TPSA) is 13.1 Å². The monoisotopic (exact) mass is 359 g/mol. The van der Waals surface area contributed by atoms with Crippen LogP contribution in [0.3, 0.4) is 0 Å². The molecular weight excluding hydrogens is 330 g/mol. The van der Waals surface area contributed by atoms with Crippen molar-refractivity contribution < 1.29 is 4.42 Å². The standard InChI is InChI=1S/C4H3O.3C4H9.Sb/c1-2-4-5-3-1;3*1-3-4-2;/h1-3H;3*1,3-4H2,2H3;. The molecule has 0 fully saturated rings. The first-order valence-corrected chi connectivity index (χ1v) is 14.4. The third kappa shape index (κ3) is 4.65. The van der Waals surface area contributed by atoms with Crippen LogP contribution in [0.2, 0.25) is 13.1 Å². The van der Waals surface area contributed by atoms with E-state index in [0.717, 1.165) is 0 Å². The molecule has 0 aliphatic rings. The van der Waals surface area contributed by atoms with E-state index in [1.807, 2.05) is 6.26 Å². The SMILES string of the molecule is CCC[CH2][Sb]([CH2]CCC)([CH2]CCC)[c]1ccco1. The first kappa shape index (κ1) is 16.2. The van der Waals surface area contributed by atoms with Crippen molar-refractivity contribution in [2.75, 3.05) is 0 Å². The molecule has 1 radical (unpaired) electrons. The number of hydrogen-bond donors (Lipinski definition) is 0. The third-order valence-corrected chi connectivity index (χ3v) is 17.2. The molecule has 0 N–H and O–H groups in total. The van der Waals surface area contributed by atoms with Gasteiger partial charge in [-0.3, -0.25) is 0 Å². The summed E-state index contributed by atoms with van der Waals surface area (Å²) >= 11 is -2.08. The summed E-state index contributed by atoms with van der Waals surface area (Å²) in [5, 5.41) is 0. The van der Waals surface area contributed by atoms with Gasteiger partial charge in [0.25, 0.3) is 0 Å². The van der Waals surface area contributed by atoms with E-state index in [0.29, 0.717) is 0 Å². The minimum atomic E-state index is -2.08. The summed E-state index contributed by atoms with van der Waals surface area (Å²) < 4.78 is 11.8. The van der Waals surface area contributed by atoms with E-state index in [2.05, 4.69) is 32.9 Å². The Labute approximate surface area is 117 Å². The quantitative estimate of drug-likeness (QED) is 0.514. The fourth-order valence-corrected chi connectivity index (χ4v) is 16.2. The zero-order valence-electron chi connectivity index (χ0n) is 12.5. The van der Waals surface area contributed by atoms with Gasteiger partial charge in [0.15, 0.2) is 0 Å². The molecule has 0 atom stereocenters. The zero-order valence-corrected chi connectivity index (χ0v) is 15.0. The Morgan fingerprint density at radius 2 is 1.39 bits per heavy atom. The molecule has 18 heavy (non-hydrogen) atoms. The van der Waals surface area contributed by atoms with Gasteiger partial charge >= 0.3 is 118 Å². The Hall–Kier alpha value is 0.0982. The van der Waals surface area contributed by atoms with Crippen LogP contribution in [-0.2, 0) is 0 Å². The molecule has 0 aliphatic carbocycles. The van der Waals surface area contributed by atoms with Crippen molar-refractivity contribution in [1.82, 2.24) is 0 Å². The molecule has 0 aromatic carbocycles. The van der Waals surface area contributed by atoms with E-state index < -0.39 is 18.8 Å². The third-order valence-electron chi connectivity index (χ3n) is 3.79. The van der Waals surface area contributed by atoms with Crippen molar-refractivity contribution in [1.29, 1.82) is 0 Å². The van der Waals surface area contributed by atoms with Crippen LogP contribution in [0.15, 0.2) is 22.8 Å². The van der Waals surface area contributed by atoms with E-state index in [1.165, 1.54) is 55.3 Å². The van der Waals surface area contributed by atoms with Crippen LogP contribution in [0.1, 0.15) is 59.3 Å². The van der Waals surface area contributed by atoms with E-state index in [4.69, 9.17) is 4.42 Å². The predicted molar refractivity (Wildman–Crippen MR) is 83.2 cm³/mol. The fraction of sp³-hybridized carbons (Fsp3) is 0.750. The van der Waals surface area contributed by atoms with Crippen LogP contribution in [0.4, 0.5) is 0 Å². The second-order valence-electron chi connectivity index (χ2n) is 5.33. The molecule has 0 saturated carbocycles. The second-order valence-corrected chi connectivity index (χ2v) is 17.0. The summed E-state index contributed by atoms with van der Waals surface area (Å²) in [5.74, 6) is 0. The molecule has 1 aromatic rings. The second kappa shape index (κ2) is 9.07. The molecular formula is C16H30OSb. The Morgan fingerprint density at radius 1 is 0.889 bits per heavy atom. The van der Waals surface area contributed by atoms with Gasteiger partial charge in [-0.1, -0.05) is 0 Å². The van der Waals surface area contributed by atoms with Crippen LogP contribution >= 0.6 is 0 Å². The molecule has 1 rings (SSSR count). The van der Waals surface area contributed by atoms with Gasteiger partial charge in [-0.2, -0.15) is 0 Å². The van der Waals surface area contributed by atoms with Gasteiger partial charge in [0.2, 0.25) is 0 Å². The number of rotatable bonds is 10. The maximum absolute atomic E-state index is 5.88. The van der Waals surface area contributed by atoms with Crippen LogP contribution in [0, 0.1) is 0 Å². The summed E-state index contributed by atoms with van der Waals surface area (Å²) in [6, 6.07) is 4.38. The molecule has 105 valence electrons. The van der Waals surface area contributed by atoms with Crippen molar-refractivity contribution >= 4 is 22.5 Å². The summed E-state index contributed by atoms with van der Waals surface area (Å²) in [7, 11) is 0. The molecule has 1 aromatic heterocycles. The molecule has 2 heteroatoms. The van der Waals surface area contributed by atoms with Crippen molar-refractivity contribution in [3.63, 3.8) is 0 Å². The average molecular weight is 360 g/mol. The Balaban J connectivity index is 2.84. The molecule has 0 saturated heterocycles. The molecule has 0 spiro atoms.